The van der Waals surface area contributed by atoms with Crippen LogP contribution in [0, 0.1) is 19.7 Å². The van der Waals surface area contributed by atoms with Crippen LogP contribution in [-0.2, 0) is 6.54 Å². The fraction of sp³-hybridized carbons (Fsp3) is 0.417. The summed E-state index contributed by atoms with van der Waals surface area (Å²) in [5, 5.41) is 8.21. The van der Waals surface area contributed by atoms with Crippen LogP contribution in [0.3, 0.4) is 0 Å². The highest BCUT2D eigenvalue weighted by atomic mass is 19.1. The molecule has 0 unspecified atom stereocenters. The molecule has 1 saturated heterocycles. The molecule has 0 aliphatic carbocycles. The summed E-state index contributed by atoms with van der Waals surface area (Å²) in [5.41, 5.74) is 5.75. The SMILES string of the molecule is Cc1ccc(C)c(N2CCN(CCCCn3nncc3-c3cccc(F)c3)CC2)c1. The third-order valence-corrected chi connectivity index (χ3v) is 5.91. The molecular formula is C24H30FN5. The summed E-state index contributed by atoms with van der Waals surface area (Å²) in [6.45, 7) is 10.6. The zero-order valence-corrected chi connectivity index (χ0v) is 17.9. The lowest BCUT2D eigenvalue weighted by Gasteiger charge is -2.37. The van der Waals surface area contributed by atoms with Gasteiger partial charge in [-0.25, -0.2) is 9.07 Å². The summed E-state index contributed by atoms with van der Waals surface area (Å²) in [6.07, 6.45) is 3.86. The standard InChI is InChI=1S/C24H30FN5/c1-19-8-9-20(2)23(16-19)29-14-12-28(13-15-29)10-3-4-11-30-24(18-26-27-30)21-6-5-7-22(25)17-21/h5-9,16-18H,3-4,10-15H2,1-2H3. The first-order valence-corrected chi connectivity index (χ1v) is 10.8. The summed E-state index contributed by atoms with van der Waals surface area (Å²) in [7, 11) is 0. The Labute approximate surface area is 178 Å². The number of aryl methyl sites for hydroxylation is 3. The van der Waals surface area contributed by atoms with Gasteiger partial charge < -0.3 is 4.90 Å². The third kappa shape index (κ3) is 4.87. The number of benzene rings is 2. The van der Waals surface area contributed by atoms with Gasteiger partial charge in [-0.05, 0) is 62.6 Å². The summed E-state index contributed by atoms with van der Waals surface area (Å²) < 4.78 is 15.4. The van der Waals surface area contributed by atoms with Gasteiger partial charge in [-0.1, -0.05) is 29.5 Å². The first-order valence-electron chi connectivity index (χ1n) is 10.8. The van der Waals surface area contributed by atoms with E-state index in [4.69, 9.17) is 0 Å². The van der Waals surface area contributed by atoms with Crippen molar-refractivity contribution in [3.8, 4) is 11.3 Å². The van der Waals surface area contributed by atoms with Crippen LogP contribution in [0.5, 0.6) is 0 Å². The zero-order chi connectivity index (χ0) is 20.9. The second kappa shape index (κ2) is 9.39. The van der Waals surface area contributed by atoms with E-state index in [0.29, 0.717) is 0 Å². The maximum absolute atomic E-state index is 13.5. The Morgan fingerprint density at radius 3 is 2.53 bits per heavy atom. The molecule has 0 saturated carbocycles. The minimum absolute atomic E-state index is 0.236. The fourth-order valence-electron chi connectivity index (χ4n) is 4.16. The van der Waals surface area contributed by atoms with E-state index in [1.165, 1.54) is 28.9 Å². The second-order valence-corrected chi connectivity index (χ2v) is 8.18. The molecule has 30 heavy (non-hydrogen) atoms. The molecule has 0 amide bonds. The van der Waals surface area contributed by atoms with E-state index in [2.05, 4.69) is 52.2 Å². The molecule has 2 heterocycles. The molecule has 5 nitrogen and oxygen atoms in total. The first kappa shape index (κ1) is 20.5. The van der Waals surface area contributed by atoms with Crippen molar-refractivity contribution < 1.29 is 4.39 Å². The Bertz CT molecular complexity index is 975. The lowest BCUT2D eigenvalue weighted by molar-refractivity contribution is 0.250. The molecule has 158 valence electrons. The van der Waals surface area contributed by atoms with Crippen LogP contribution in [0.1, 0.15) is 24.0 Å². The molecular weight excluding hydrogens is 377 g/mol. The average molecular weight is 408 g/mol. The quantitative estimate of drug-likeness (QED) is 0.547. The number of anilines is 1. The normalized spacial score (nSPS) is 15.0. The van der Waals surface area contributed by atoms with Gasteiger partial charge in [-0.2, -0.15) is 0 Å². The predicted octanol–water partition coefficient (Wildman–Crippen LogP) is 4.30. The van der Waals surface area contributed by atoms with Crippen molar-refractivity contribution in [2.24, 2.45) is 0 Å². The maximum atomic E-state index is 13.5. The Morgan fingerprint density at radius 1 is 0.933 bits per heavy atom. The molecule has 4 rings (SSSR count). The van der Waals surface area contributed by atoms with Gasteiger partial charge in [-0.15, -0.1) is 5.10 Å². The molecule has 0 atom stereocenters. The third-order valence-electron chi connectivity index (χ3n) is 5.91. The van der Waals surface area contributed by atoms with E-state index >= 15 is 0 Å². The lowest BCUT2D eigenvalue weighted by atomic mass is 10.1. The van der Waals surface area contributed by atoms with E-state index in [9.17, 15) is 4.39 Å². The Morgan fingerprint density at radius 2 is 1.73 bits per heavy atom. The Hall–Kier alpha value is -2.73. The lowest BCUT2D eigenvalue weighted by Crippen LogP contribution is -2.46. The summed E-state index contributed by atoms with van der Waals surface area (Å²) >= 11 is 0. The van der Waals surface area contributed by atoms with Gasteiger partial charge >= 0.3 is 0 Å². The number of aromatic nitrogens is 3. The van der Waals surface area contributed by atoms with E-state index in [1.54, 1.807) is 12.3 Å². The molecule has 6 heteroatoms. The molecule has 0 radical (unpaired) electrons. The van der Waals surface area contributed by atoms with Crippen molar-refractivity contribution in [2.45, 2.75) is 33.2 Å². The van der Waals surface area contributed by atoms with E-state index in [-0.39, 0.29) is 5.82 Å². The molecule has 1 aromatic heterocycles. The summed E-state index contributed by atoms with van der Waals surface area (Å²) in [6, 6.07) is 13.3. The highest BCUT2D eigenvalue weighted by molar-refractivity contribution is 5.58. The van der Waals surface area contributed by atoms with Gasteiger partial charge in [0.25, 0.3) is 0 Å². The van der Waals surface area contributed by atoms with Crippen molar-refractivity contribution in [3.63, 3.8) is 0 Å². The number of rotatable bonds is 7. The highest BCUT2D eigenvalue weighted by Crippen LogP contribution is 2.23. The van der Waals surface area contributed by atoms with E-state index in [0.717, 1.165) is 63.4 Å². The molecule has 0 N–H and O–H groups in total. The van der Waals surface area contributed by atoms with Crippen molar-refractivity contribution in [1.82, 2.24) is 19.9 Å². The van der Waals surface area contributed by atoms with Crippen LogP contribution in [0.25, 0.3) is 11.3 Å². The zero-order valence-electron chi connectivity index (χ0n) is 17.9. The number of hydrogen-bond acceptors (Lipinski definition) is 4. The largest absolute Gasteiger partial charge is 0.369 e. The molecule has 0 bridgehead atoms. The number of unbranched alkanes of at least 4 members (excludes halogenated alkanes) is 1. The Kier molecular flexibility index (Phi) is 6.43. The van der Waals surface area contributed by atoms with Crippen LogP contribution in [0.15, 0.2) is 48.7 Å². The van der Waals surface area contributed by atoms with Crippen molar-refractivity contribution in [2.75, 3.05) is 37.6 Å². The molecule has 1 aliphatic heterocycles. The second-order valence-electron chi connectivity index (χ2n) is 8.18. The number of hydrogen-bond donors (Lipinski definition) is 0. The summed E-state index contributed by atoms with van der Waals surface area (Å²) in [5.74, 6) is -0.236. The van der Waals surface area contributed by atoms with Gasteiger partial charge in [0.05, 0.1) is 11.9 Å². The van der Waals surface area contributed by atoms with E-state index in [1.807, 2.05) is 10.7 Å². The highest BCUT2D eigenvalue weighted by Gasteiger charge is 2.18. The number of halogens is 1. The van der Waals surface area contributed by atoms with Gasteiger partial charge in [0.1, 0.15) is 5.82 Å². The minimum atomic E-state index is -0.236. The van der Waals surface area contributed by atoms with Gasteiger partial charge in [0.2, 0.25) is 0 Å². The average Bonchev–Trinajstić information content (AvgIpc) is 3.22. The van der Waals surface area contributed by atoms with Crippen molar-refractivity contribution in [1.29, 1.82) is 0 Å². The topological polar surface area (TPSA) is 37.2 Å². The van der Waals surface area contributed by atoms with Gasteiger partial charge in [0, 0.05) is 44.0 Å². The van der Waals surface area contributed by atoms with Crippen LogP contribution >= 0.6 is 0 Å². The van der Waals surface area contributed by atoms with Crippen LogP contribution in [-0.4, -0.2) is 52.6 Å². The van der Waals surface area contributed by atoms with Crippen LogP contribution in [0.4, 0.5) is 10.1 Å². The van der Waals surface area contributed by atoms with Gasteiger partial charge in [-0.3, -0.25) is 4.90 Å². The monoisotopic (exact) mass is 407 g/mol. The minimum Gasteiger partial charge on any atom is -0.369 e. The molecule has 1 aliphatic rings. The van der Waals surface area contributed by atoms with Crippen molar-refractivity contribution >= 4 is 5.69 Å². The van der Waals surface area contributed by atoms with E-state index < -0.39 is 0 Å². The predicted molar refractivity (Wildman–Crippen MR) is 119 cm³/mol. The molecule has 0 spiro atoms. The molecule has 3 aromatic rings. The first-order chi connectivity index (χ1) is 14.6. The van der Waals surface area contributed by atoms with Crippen LogP contribution < -0.4 is 4.90 Å². The smallest absolute Gasteiger partial charge is 0.123 e. The summed E-state index contributed by atoms with van der Waals surface area (Å²) in [4.78, 5) is 5.07. The molecule has 2 aromatic carbocycles. The number of piperazine rings is 1. The van der Waals surface area contributed by atoms with Crippen LogP contribution in [0.2, 0.25) is 0 Å². The fourth-order valence-corrected chi connectivity index (χ4v) is 4.16. The van der Waals surface area contributed by atoms with Gasteiger partial charge in [0.15, 0.2) is 0 Å². The Balaban J connectivity index is 1.23. The maximum Gasteiger partial charge on any atom is 0.123 e. The van der Waals surface area contributed by atoms with Crippen molar-refractivity contribution in [3.05, 3.63) is 65.6 Å². The molecule has 1 fully saturated rings. The number of nitrogens with zero attached hydrogens (tertiary/aromatic N) is 5.